The molecular formula is C22H22FN5O4S. The molecule has 0 aliphatic carbocycles. The molecule has 2 atom stereocenters. The van der Waals surface area contributed by atoms with Crippen molar-refractivity contribution < 1.29 is 23.5 Å². The quantitative estimate of drug-likeness (QED) is 0.509. The molecule has 2 heterocycles. The average molecular weight is 472 g/mol. The highest BCUT2D eigenvalue weighted by atomic mass is 32.2. The molecule has 0 bridgehead atoms. The molecule has 3 aromatic rings. The van der Waals surface area contributed by atoms with Crippen LogP contribution in [0.3, 0.4) is 0 Å². The first-order valence-electron chi connectivity index (χ1n) is 10.2. The van der Waals surface area contributed by atoms with E-state index in [1.165, 1.54) is 30.0 Å². The first-order chi connectivity index (χ1) is 15.8. The predicted octanol–water partition coefficient (Wildman–Crippen LogP) is 3.29. The maximum Gasteiger partial charge on any atom is 0.254 e. The fraction of sp³-hybridized carbons (Fsp3) is 0.273. The van der Waals surface area contributed by atoms with Gasteiger partial charge in [-0.15, -0.1) is 10.2 Å². The molecule has 0 saturated heterocycles. The van der Waals surface area contributed by atoms with E-state index in [-0.39, 0.29) is 18.3 Å². The molecule has 2 aromatic carbocycles. The van der Waals surface area contributed by atoms with Gasteiger partial charge in [-0.05, 0) is 38.1 Å². The number of hydrogen-bond acceptors (Lipinski definition) is 7. The van der Waals surface area contributed by atoms with E-state index in [1.807, 2.05) is 0 Å². The summed E-state index contributed by atoms with van der Waals surface area (Å²) < 4.78 is 26.2. The zero-order valence-corrected chi connectivity index (χ0v) is 19.0. The van der Waals surface area contributed by atoms with Crippen molar-refractivity contribution in [3.05, 3.63) is 59.7 Å². The molecule has 0 radical (unpaired) electrons. The summed E-state index contributed by atoms with van der Waals surface area (Å²) in [6.07, 6.45) is 0. The van der Waals surface area contributed by atoms with Crippen molar-refractivity contribution in [3.63, 3.8) is 0 Å². The molecule has 1 aliphatic heterocycles. The number of fused-ring (bicyclic) bond motifs is 1. The van der Waals surface area contributed by atoms with Crippen LogP contribution in [0.5, 0.6) is 11.5 Å². The molecule has 2 amide bonds. The lowest BCUT2D eigenvalue weighted by Crippen LogP contribution is -2.29. The molecule has 0 unspecified atom stereocenters. The van der Waals surface area contributed by atoms with Crippen LogP contribution in [-0.4, -0.2) is 38.6 Å². The number of ether oxygens (including phenoxy) is 2. The van der Waals surface area contributed by atoms with Gasteiger partial charge in [0, 0.05) is 18.8 Å². The van der Waals surface area contributed by atoms with Crippen LogP contribution in [0, 0.1) is 5.82 Å². The fourth-order valence-electron chi connectivity index (χ4n) is 3.22. The number of halogens is 1. The van der Waals surface area contributed by atoms with Gasteiger partial charge in [0.05, 0.1) is 16.9 Å². The van der Waals surface area contributed by atoms with Gasteiger partial charge >= 0.3 is 0 Å². The third-order valence-electron chi connectivity index (χ3n) is 5.01. The van der Waals surface area contributed by atoms with Crippen LogP contribution in [0.15, 0.2) is 47.6 Å². The number of thioether (sulfide) groups is 1. The second-order valence-corrected chi connectivity index (χ2v) is 8.70. The van der Waals surface area contributed by atoms with Crippen LogP contribution in [0.2, 0.25) is 0 Å². The topological polar surface area (TPSA) is 107 Å². The number of nitrogens with zero attached hydrogens (tertiary/aromatic N) is 3. The first kappa shape index (κ1) is 22.6. The van der Waals surface area contributed by atoms with Crippen LogP contribution in [0.4, 0.5) is 10.1 Å². The number of anilines is 1. The highest BCUT2D eigenvalue weighted by Crippen LogP contribution is 2.34. The Morgan fingerprint density at radius 1 is 1.12 bits per heavy atom. The first-order valence-corrected chi connectivity index (χ1v) is 11.0. The second-order valence-electron chi connectivity index (χ2n) is 7.39. The van der Waals surface area contributed by atoms with E-state index in [0.717, 1.165) is 0 Å². The summed E-state index contributed by atoms with van der Waals surface area (Å²) in [7, 11) is 1.74. The van der Waals surface area contributed by atoms with Gasteiger partial charge in [0.15, 0.2) is 22.5 Å². The van der Waals surface area contributed by atoms with Crippen molar-refractivity contribution in [2.75, 3.05) is 12.1 Å². The summed E-state index contributed by atoms with van der Waals surface area (Å²) in [4.78, 5) is 25.0. The molecule has 2 N–H and O–H groups in total. The van der Waals surface area contributed by atoms with Crippen molar-refractivity contribution in [2.24, 2.45) is 7.05 Å². The molecule has 11 heteroatoms. The van der Waals surface area contributed by atoms with E-state index in [0.29, 0.717) is 28.2 Å². The van der Waals surface area contributed by atoms with Gasteiger partial charge in [0.25, 0.3) is 5.91 Å². The van der Waals surface area contributed by atoms with Crippen LogP contribution in [0.25, 0.3) is 0 Å². The van der Waals surface area contributed by atoms with Crippen molar-refractivity contribution in [1.29, 1.82) is 0 Å². The minimum absolute atomic E-state index is 0.0464. The minimum Gasteiger partial charge on any atom is -0.454 e. The molecule has 1 aromatic heterocycles. The van der Waals surface area contributed by atoms with Crippen LogP contribution in [0.1, 0.15) is 36.1 Å². The lowest BCUT2D eigenvalue weighted by Gasteiger charge is -2.15. The summed E-state index contributed by atoms with van der Waals surface area (Å²) in [6, 6.07) is 10.4. The van der Waals surface area contributed by atoms with Crippen molar-refractivity contribution in [3.8, 4) is 11.5 Å². The average Bonchev–Trinajstić information content (AvgIpc) is 3.40. The molecule has 172 valence electrons. The molecule has 4 rings (SSSR count). The van der Waals surface area contributed by atoms with Gasteiger partial charge in [-0.25, -0.2) is 4.39 Å². The molecule has 33 heavy (non-hydrogen) atoms. The number of aromatic nitrogens is 3. The Morgan fingerprint density at radius 3 is 2.67 bits per heavy atom. The number of benzene rings is 2. The highest BCUT2D eigenvalue weighted by Gasteiger charge is 2.23. The van der Waals surface area contributed by atoms with Gasteiger partial charge in [-0.2, -0.15) is 0 Å². The zero-order chi connectivity index (χ0) is 23.5. The van der Waals surface area contributed by atoms with E-state index in [2.05, 4.69) is 20.8 Å². The summed E-state index contributed by atoms with van der Waals surface area (Å²) in [5.41, 5.74) is 0.551. The fourth-order valence-corrected chi connectivity index (χ4v) is 4.04. The molecular weight excluding hydrogens is 449 g/mol. The Hall–Kier alpha value is -3.60. The van der Waals surface area contributed by atoms with Gasteiger partial charge in [0.1, 0.15) is 5.82 Å². The van der Waals surface area contributed by atoms with E-state index in [4.69, 9.17) is 9.47 Å². The van der Waals surface area contributed by atoms with E-state index >= 15 is 0 Å². The summed E-state index contributed by atoms with van der Waals surface area (Å²) in [6.45, 7) is 3.64. The lowest BCUT2D eigenvalue weighted by molar-refractivity contribution is -0.115. The zero-order valence-electron chi connectivity index (χ0n) is 18.2. The molecule has 9 nitrogen and oxygen atoms in total. The van der Waals surface area contributed by atoms with Crippen molar-refractivity contribution in [2.45, 2.75) is 30.3 Å². The van der Waals surface area contributed by atoms with E-state index in [9.17, 15) is 14.0 Å². The van der Waals surface area contributed by atoms with Crippen molar-refractivity contribution >= 4 is 29.3 Å². The largest absolute Gasteiger partial charge is 0.454 e. The second kappa shape index (κ2) is 9.49. The smallest absolute Gasteiger partial charge is 0.254 e. The Bertz CT molecular complexity index is 1200. The maximum absolute atomic E-state index is 13.9. The lowest BCUT2D eigenvalue weighted by atomic mass is 10.2. The summed E-state index contributed by atoms with van der Waals surface area (Å²) in [5.74, 6) is 0.332. The third kappa shape index (κ3) is 4.92. The van der Waals surface area contributed by atoms with Crippen LogP contribution in [-0.2, 0) is 11.8 Å². The molecule has 0 saturated carbocycles. The normalized spacial score (nSPS) is 13.9. The Labute approximate surface area is 193 Å². The van der Waals surface area contributed by atoms with Crippen LogP contribution < -0.4 is 20.1 Å². The minimum atomic E-state index is -0.598. The van der Waals surface area contributed by atoms with Gasteiger partial charge in [-0.1, -0.05) is 23.9 Å². The number of amides is 2. The number of carbonyl (C=O) groups is 2. The monoisotopic (exact) mass is 471 g/mol. The molecule has 1 aliphatic rings. The number of nitrogens with one attached hydrogen (secondary N) is 2. The van der Waals surface area contributed by atoms with Gasteiger partial charge < -0.3 is 24.7 Å². The Kier molecular flexibility index (Phi) is 6.50. The highest BCUT2D eigenvalue weighted by molar-refractivity contribution is 8.00. The van der Waals surface area contributed by atoms with Crippen molar-refractivity contribution in [1.82, 2.24) is 20.1 Å². The number of hydrogen-bond donors (Lipinski definition) is 2. The Balaban J connectivity index is 1.38. The molecule has 0 fully saturated rings. The summed E-state index contributed by atoms with van der Waals surface area (Å²) in [5, 5.41) is 13.9. The molecule has 0 spiro atoms. The standard InChI is InChI=1S/C22H22FN5O4S/c1-12(24-21(30)15-6-4-5-7-16(15)23)19-26-27-22(28(19)3)33-13(2)20(29)25-14-8-9-17-18(10-14)32-11-31-17/h4-10,12-13H,11H2,1-3H3,(H,24,30)(H,25,29)/t12-,13+/m0/s1. The van der Waals surface area contributed by atoms with E-state index < -0.39 is 23.0 Å². The predicted molar refractivity (Wildman–Crippen MR) is 120 cm³/mol. The number of carbonyl (C=O) groups excluding carboxylic acids is 2. The van der Waals surface area contributed by atoms with Crippen LogP contribution >= 0.6 is 11.8 Å². The Morgan fingerprint density at radius 2 is 1.88 bits per heavy atom. The number of rotatable bonds is 7. The van der Waals surface area contributed by atoms with Gasteiger partial charge in [-0.3, -0.25) is 9.59 Å². The van der Waals surface area contributed by atoms with E-state index in [1.54, 1.807) is 49.7 Å². The SMILES string of the molecule is C[C@H](NC(=O)c1ccccc1F)c1nnc(S[C@H](C)C(=O)Nc2ccc3c(c2)OCO3)n1C. The summed E-state index contributed by atoms with van der Waals surface area (Å²) >= 11 is 1.23. The third-order valence-corrected chi connectivity index (χ3v) is 6.15. The van der Waals surface area contributed by atoms with Gasteiger partial charge in [0.2, 0.25) is 12.7 Å². The maximum atomic E-state index is 13.9.